The second-order valence-electron chi connectivity index (χ2n) is 1.53. The number of halogens is 1. The molecular formula is C5H4ClLiN2O2. The molecule has 0 aliphatic carbocycles. The minimum atomic E-state index is -1.11. The van der Waals surface area contributed by atoms with Gasteiger partial charge in [0.15, 0.2) is 5.69 Å². The van der Waals surface area contributed by atoms with Gasteiger partial charge in [-0.05, 0) is 0 Å². The quantitative estimate of drug-likeness (QED) is 0.488. The standard InChI is InChI=1S/C5H3ClN2O2.Li.H/c6-4-2-7-3(1-8-4)5(9)10;;/h1-2H,(H,9,10);;/q;+1;-1. The number of hydrogen-bond acceptors (Lipinski definition) is 3. The monoisotopic (exact) mass is 166 g/mol. The molecule has 1 heterocycles. The fourth-order valence-electron chi connectivity index (χ4n) is 0.423. The van der Waals surface area contributed by atoms with Crippen molar-refractivity contribution in [2.24, 2.45) is 0 Å². The first-order valence-corrected chi connectivity index (χ1v) is 2.79. The molecule has 0 bridgehead atoms. The van der Waals surface area contributed by atoms with Crippen LogP contribution in [0.4, 0.5) is 0 Å². The summed E-state index contributed by atoms with van der Waals surface area (Å²) < 4.78 is 0. The van der Waals surface area contributed by atoms with Crippen LogP contribution in [0.25, 0.3) is 0 Å². The van der Waals surface area contributed by atoms with Crippen molar-refractivity contribution in [3.63, 3.8) is 0 Å². The van der Waals surface area contributed by atoms with Crippen LogP contribution in [0.3, 0.4) is 0 Å². The second-order valence-corrected chi connectivity index (χ2v) is 1.92. The fraction of sp³-hybridized carbons (Fsp3) is 0. The zero-order chi connectivity index (χ0) is 7.56. The van der Waals surface area contributed by atoms with E-state index < -0.39 is 5.97 Å². The molecule has 0 amide bonds. The van der Waals surface area contributed by atoms with E-state index in [0.717, 1.165) is 6.20 Å². The Kier molecular flexibility index (Phi) is 4.12. The van der Waals surface area contributed by atoms with E-state index in [1.807, 2.05) is 0 Å². The molecule has 1 aromatic heterocycles. The molecule has 1 aromatic rings. The molecule has 4 nitrogen and oxygen atoms in total. The average molecular weight is 166 g/mol. The molecule has 0 aromatic carbocycles. The molecule has 0 unspecified atom stereocenters. The van der Waals surface area contributed by atoms with Crippen molar-refractivity contribution in [3.05, 3.63) is 23.2 Å². The van der Waals surface area contributed by atoms with Gasteiger partial charge in [-0.2, -0.15) is 0 Å². The Bertz CT molecular complexity index is 256. The first-order chi connectivity index (χ1) is 4.70. The first kappa shape index (κ1) is 10.4. The number of aromatic nitrogens is 2. The Morgan fingerprint density at radius 2 is 2.18 bits per heavy atom. The van der Waals surface area contributed by atoms with Crippen LogP contribution >= 0.6 is 11.6 Å². The van der Waals surface area contributed by atoms with Crippen LogP contribution in [0.1, 0.15) is 11.9 Å². The molecule has 54 valence electrons. The number of nitrogens with zero attached hydrogens (tertiary/aromatic N) is 2. The third kappa shape index (κ3) is 2.89. The maximum atomic E-state index is 10.2. The van der Waals surface area contributed by atoms with Crippen LogP contribution in [0, 0.1) is 0 Å². The summed E-state index contributed by atoms with van der Waals surface area (Å²) in [7, 11) is 0. The zero-order valence-electron chi connectivity index (χ0n) is 6.78. The van der Waals surface area contributed by atoms with Crippen LogP contribution < -0.4 is 18.9 Å². The van der Waals surface area contributed by atoms with Gasteiger partial charge in [-0.25, -0.2) is 14.8 Å². The molecule has 0 radical (unpaired) electrons. The van der Waals surface area contributed by atoms with Gasteiger partial charge in [0.1, 0.15) is 5.15 Å². The summed E-state index contributed by atoms with van der Waals surface area (Å²) >= 11 is 5.35. The molecule has 0 aliphatic rings. The third-order valence-electron chi connectivity index (χ3n) is 0.839. The maximum absolute atomic E-state index is 10.2. The Hall–Kier alpha value is -0.563. The van der Waals surface area contributed by atoms with Crippen molar-refractivity contribution in [1.82, 2.24) is 9.97 Å². The van der Waals surface area contributed by atoms with Crippen molar-refractivity contribution >= 4 is 17.6 Å². The number of carbonyl (C=O) groups is 1. The van der Waals surface area contributed by atoms with Gasteiger partial charge in [0.2, 0.25) is 0 Å². The SMILES string of the molecule is O=C(O)c1cnc(Cl)cn1.[H-].[Li+]. The van der Waals surface area contributed by atoms with E-state index in [4.69, 9.17) is 16.7 Å². The van der Waals surface area contributed by atoms with E-state index in [2.05, 4.69) is 9.97 Å². The van der Waals surface area contributed by atoms with Crippen LogP contribution in [-0.4, -0.2) is 21.0 Å². The van der Waals surface area contributed by atoms with E-state index in [1.54, 1.807) is 0 Å². The van der Waals surface area contributed by atoms with Crippen molar-refractivity contribution in [2.75, 3.05) is 0 Å². The number of aromatic carboxylic acids is 1. The molecule has 0 aliphatic heterocycles. The van der Waals surface area contributed by atoms with E-state index in [1.165, 1.54) is 6.20 Å². The zero-order valence-corrected chi connectivity index (χ0v) is 6.54. The van der Waals surface area contributed by atoms with Crippen molar-refractivity contribution in [1.29, 1.82) is 0 Å². The normalized spacial score (nSPS) is 8.45. The predicted octanol–water partition coefficient (Wildman–Crippen LogP) is -2.06. The van der Waals surface area contributed by atoms with E-state index in [-0.39, 0.29) is 31.1 Å². The Labute approximate surface area is 81.3 Å². The van der Waals surface area contributed by atoms with E-state index >= 15 is 0 Å². The average Bonchev–Trinajstić information content (AvgIpc) is 1.88. The second kappa shape index (κ2) is 4.34. The maximum Gasteiger partial charge on any atom is 1.00 e. The summed E-state index contributed by atoms with van der Waals surface area (Å²) in [5.74, 6) is -1.11. The smallest absolute Gasteiger partial charge is 1.00 e. The molecule has 11 heavy (non-hydrogen) atoms. The summed E-state index contributed by atoms with van der Waals surface area (Å²) in [6.45, 7) is 0. The van der Waals surface area contributed by atoms with Crippen LogP contribution in [0.2, 0.25) is 5.15 Å². The number of hydrogen-bond donors (Lipinski definition) is 1. The van der Waals surface area contributed by atoms with Crippen molar-refractivity contribution in [2.45, 2.75) is 0 Å². The third-order valence-corrected chi connectivity index (χ3v) is 1.03. The molecule has 1 N–H and O–H groups in total. The van der Waals surface area contributed by atoms with Gasteiger partial charge >= 0.3 is 24.8 Å². The molecule has 0 saturated carbocycles. The van der Waals surface area contributed by atoms with Crippen molar-refractivity contribution in [3.8, 4) is 0 Å². The van der Waals surface area contributed by atoms with Gasteiger partial charge in [0.05, 0.1) is 12.4 Å². The van der Waals surface area contributed by atoms with Gasteiger partial charge in [-0.15, -0.1) is 0 Å². The van der Waals surface area contributed by atoms with Gasteiger partial charge < -0.3 is 6.53 Å². The summed E-state index contributed by atoms with van der Waals surface area (Å²) in [4.78, 5) is 17.2. The minimum Gasteiger partial charge on any atom is -1.00 e. The summed E-state index contributed by atoms with van der Waals surface area (Å²) in [5.41, 5.74) is -0.107. The van der Waals surface area contributed by atoms with Gasteiger partial charge in [0, 0.05) is 0 Å². The predicted molar refractivity (Wildman–Crippen MR) is 35.1 cm³/mol. The Morgan fingerprint density at radius 1 is 1.55 bits per heavy atom. The molecule has 1 rings (SSSR count). The molecule has 0 fully saturated rings. The van der Waals surface area contributed by atoms with Gasteiger partial charge in [-0.3, -0.25) is 0 Å². The Morgan fingerprint density at radius 3 is 2.55 bits per heavy atom. The van der Waals surface area contributed by atoms with Crippen LogP contribution in [-0.2, 0) is 0 Å². The molecule has 6 heteroatoms. The van der Waals surface area contributed by atoms with E-state index in [9.17, 15) is 4.79 Å². The molecule has 0 spiro atoms. The number of rotatable bonds is 1. The summed E-state index contributed by atoms with van der Waals surface area (Å²) in [6.07, 6.45) is 2.29. The molecule has 0 saturated heterocycles. The summed E-state index contributed by atoms with van der Waals surface area (Å²) in [5, 5.41) is 8.52. The summed E-state index contributed by atoms with van der Waals surface area (Å²) in [6, 6.07) is 0. The van der Waals surface area contributed by atoms with E-state index in [0.29, 0.717) is 0 Å². The topological polar surface area (TPSA) is 63.1 Å². The van der Waals surface area contributed by atoms with Crippen LogP contribution in [0.5, 0.6) is 0 Å². The number of carboxylic acids is 1. The molecular weight excluding hydrogens is 162 g/mol. The fourth-order valence-corrected chi connectivity index (χ4v) is 0.520. The van der Waals surface area contributed by atoms with Gasteiger partial charge in [0.25, 0.3) is 0 Å². The number of carboxylic acid groups (broad SMARTS) is 1. The minimum absolute atomic E-state index is 0. The van der Waals surface area contributed by atoms with Crippen LogP contribution in [0.15, 0.2) is 12.4 Å². The first-order valence-electron chi connectivity index (χ1n) is 2.41. The van der Waals surface area contributed by atoms with Crippen molar-refractivity contribution < 1.29 is 30.2 Å². The molecule has 0 atom stereocenters. The largest absolute Gasteiger partial charge is 1.00 e. The van der Waals surface area contributed by atoms with Gasteiger partial charge in [-0.1, -0.05) is 11.6 Å². The Balaban J connectivity index is 0.